The van der Waals surface area contributed by atoms with Gasteiger partial charge in [0, 0.05) is 35.0 Å². The van der Waals surface area contributed by atoms with Gasteiger partial charge in [0.25, 0.3) is 0 Å². The first-order chi connectivity index (χ1) is 11.3. The predicted octanol–water partition coefficient (Wildman–Crippen LogP) is 5.46. The van der Waals surface area contributed by atoms with Gasteiger partial charge in [-0.15, -0.1) is 11.3 Å². The van der Waals surface area contributed by atoms with E-state index in [0.29, 0.717) is 5.92 Å². The molecule has 0 aliphatic carbocycles. The van der Waals surface area contributed by atoms with Crippen molar-refractivity contribution in [3.05, 3.63) is 70.6 Å². The second-order valence-corrected chi connectivity index (χ2v) is 7.14. The zero-order valence-corrected chi connectivity index (χ0v) is 14.2. The first kappa shape index (κ1) is 14.7. The number of aromatic nitrogens is 1. The average Bonchev–Trinajstić information content (AvgIpc) is 3.26. The third-order valence-electron chi connectivity index (χ3n) is 4.36. The van der Waals surface area contributed by atoms with Gasteiger partial charge in [0.05, 0.1) is 5.69 Å². The summed E-state index contributed by atoms with van der Waals surface area (Å²) in [6.07, 6.45) is 1.19. The Morgan fingerprint density at radius 3 is 2.61 bits per heavy atom. The number of rotatable bonds is 3. The Labute approximate surface area is 145 Å². The SMILES string of the molecule is Clc1ccc(-c2csc(N3CC[C@@H](c4ccccc4)C3)n2)cc1. The number of thiazole rings is 1. The lowest BCUT2D eigenvalue weighted by Gasteiger charge is -2.15. The fourth-order valence-corrected chi connectivity index (χ4v) is 4.09. The number of nitrogens with zero attached hydrogens (tertiary/aromatic N) is 2. The number of hydrogen-bond acceptors (Lipinski definition) is 3. The van der Waals surface area contributed by atoms with Crippen LogP contribution in [0.15, 0.2) is 60.0 Å². The third-order valence-corrected chi connectivity index (χ3v) is 5.52. The lowest BCUT2D eigenvalue weighted by molar-refractivity contribution is 0.775. The summed E-state index contributed by atoms with van der Waals surface area (Å²) in [7, 11) is 0. The average molecular weight is 341 g/mol. The van der Waals surface area contributed by atoms with Crippen molar-refractivity contribution in [2.75, 3.05) is 18.0 Å². The van der Waals surface area contributed by atoms with Crippen LogP contribution in [-0.4, -0.2) is 18.1 Å². The summed E-state index contributed by atoms with van der Waals surface area (Å²) < 4.78 is 0. The van der Waals surface area contributed by atoms with Gasteiger partial charge in [0.2, 0.25) is 0 Å². The molecular formula is C19H17ClN2S. The van der Waals surface area contributed by atoms with Gasteiger partial charge in [-0.1, -0.05) is 54.1 Å². The Hall–Kier alpha value is -1.84. The Balaban J connectivity index is 1.51. The Morgan fingerprint density at radius 2 is 1.83 bits per heavy atom. The molecule has 4 rings (SSSR count). The Bertz CT molecular complexity index is 783. The van der Waals surface area contributed by atoms with Crippen molar-refractivity contribution < 1.29 is 0 Å². The van der Waals surface area contributed by atoms with E-state index in [-0.39, 0.29) is 0 Å². The van der Waals surface area contributed by atoms with Gasteiger partial charge in [-0.25, -0.2) is 4.98 Å². The molecule has 0 saturated carbocycles. The standard InChI is InChI=1S/C19H17ClN2S/c20-17-8-6-15(7-9-17)18-13-23-19(21-18)22-11-10-16(12-22)14-4-2-1-3-5-14/h1-9,13,16H,10-12H2/t16-/m1/s1. The lowest BCUT2D eigenvalue weighted by atomic mass is 9.99. The fourth-order valence-electron chi connectivity index (χ4n) is 3.09. The van der Waals surface area contributed by atoms with Gasteiger partial charge in [-0.05, 0) is 24.1 Å². The van der Waals surface area contributed by atoms with Crippen molar-refractivity contribution in [2.45, 2.75) is 12.3 Å². The summed E-state index contributed by atoms with van der Waals surface area (Å²) in [6.45, 7) is 2.13. The molecule has 0 bridgehead atoms. The maximum Gasteiger partial charge on any atom is 0.185 e. The minimum absolute atomic E-state index is 0.610. The number of benzene rings is 2. The summed E-state index contributed by atoms with van der Waals surface area (Å²) >= 11 is 7.68. The second-order valence-electron chi connectivity index (χ2n) is 5.86. The molecule has 0 unspecified atom stereocenters. The molecule has 0 radical (unpaired) electrons. The van der Waals surface area contributed by atoms with Crippen LogP contribution in [0, 0.1) is 0 Å². The summed E-state index contributed by atoms with van der Waals surface area (Å²) in [5.41, 5.74) is 3.59. The molecule has 0 spiro atoms. The molecule has 2 heterocycles. The normalized spacial score (nSPS) is 17.6. The lowest BCUT2D eigenvalue weighted by Crippen LogP contribution is -2.18. The molecule has 3 aromatic rings. The van der Waals surface area contributed by atoms with Gasteiger partial charge >= 0.3 is 0 Å². The van der Waals surface area contributed by atoms with Crippen molar-refractivity contribution in [3.8, 4) is 11.3 Å². The van der Waals surface area contributed by atoms with Crippen LogP contribution in [-0.2, 0) is 0 Å². The number of anilines is 1. The zero-order valence-electron chi connectivity index (χ0n) is 12.7. The molecule has 2 aromatic carbocycles. The van der Waals surface area contributed by atoms with Crippen LogP contribution in [0.2, 0.25) is 5.02 Å². The molecule has 1 atom stereocenters. The molecule has 1 aromatic heterocycles. The highest BCUT2D eigenvalue weighted by atomic mass is 35.5. The predicted molar refractivity (Wildman–Crippen MR) is 98.6 cm³/mol. The van der Waals surface area contributed by atoms with E-state index in [2.05, 4.69) is 40.6 Å². The molecule has 0 amide bonds. The highest BCUT2D eigenvalue weighted by molar-refractivity contribution is 7.14. The van der Waals surface area contributed by atoms with Gasteiger partial charge in [0.15, 0.2) is 5.13 Å². The molecule has 116 valence electrons. The van der Waals surface area contributed by atoms with Crippen LogP contribution in [0.25, 0.3) is 11.3 Å². The number of hydrogen-bond donors (Lipinski definition) is 0. The van der Waals surface area contributed by atoms with Crippen molar-refractivity contribution >= 4 is 28.1 Å². The minimum Gasteiger partial charge on any atom is -0.347 e. The first-order valence-corrected chi connectivity index (χ1v) is 9.07. The first-order valence-electron chi connectivity index (χ1n) is 7.81. The highest BCUT2D eigenvalue weighted by Crippen LogP contribution is 2.34. The van der Waals surface area contributed by atoms with E-state index in [1.54, 1.807) is 11.3 Å². The van der Waals surface area contributed by atoms with Gasteiger partial charge in [-0.2, -0.15) is 0 Å². The van der Waals surface area contributed by atoms with Gasteiger partial charge in [-0.3, -0.25) is 0 Å². The van der Waals surface area contributed by atoms with Crippen LogP contribution < -0.4 is 4.90 Å². The third kappa shape index (κ3) is 3.12. The van der Waals surface area contributed by atoms with E-state index in [1.807, 2.05) is 24.3 Å². The molecule has 2 nitrogen and oxygen atoms in total. The topological polar surface area (TPSA) is 16.1 Å². The monoisotopic (exact) mass is 340 g/mol. The van der Waals surface area contributed by atoms with E-state index in [9.17, 15) is 0 Å². The molecule has 1 aliphatic rings. The Kier molecular flexibility index (Phi) is 4.06. The maximum atomic E-state index is 5.96. The molecule has 23 heavy (non-hydrogen) atoms. The van der Waals surface area contributed by atoms with E-state index in [1.165, 1.54) is 12.0 Å². The molecule has 4 heteroatoms. The summed E-state index contributed by atoms with van der Waals surface area (Å²) in [4.78, 5) is 7.23. The van der Waals surface area contributed by atoms with Gasteiger partial charge in [0.1, 0.15) is 0 Å². The van der Waals surface area contributed by atoms with Crippen LogP contribution in [0.4, 0.5) is 5.13 Å². The molecule has 0 N–H and O–H groups in total. The van der Waals surface area contributed by atoms with Crippen molar-refractivity contribution in [3.63, 3.8) is 0 Å². The van der Waals surface area contributed by atoms with Crippen LogP contribution in [0.1, 0.15) is 17.9 Å². The maximum absolute atomic E-state index is 5.96. The highest BCUT2D eigenvalue weighted by Gasteiger charge is 2.25. The van der Waals surface area contributed by atoms with E-state index in [4.69, 9.17) is 16.6 Å². The molecule has 1 fully saturated rings. The van der Waals surface area contributed by atoms with Crippen molar-refractivity contribution in [2.24, 2.45) is 0 Å². The van der Waals surface area contributed by atoms with Crippen LogP contribution in [0.3, 0.4) is 0 Å². The molecule has 1 aliphatic heterocycles. The van der Waals surface area contributed by atoms with E-state index < -0.39 is 0 Å². The van der Waals surface area contributed by atoms with Crippen molar-refractivity contribution in [1.82, 2.24) is 4.98 Å². The van der Waals surface area contributed by atoms with Crippen LogP contribution >= 0.6 is 22.9 Å². The fraction of sp³-hybridized carbons (Fsp3) is 0.211. The molecule has 1 saturated heterocycles. The molecular weight excluding hydrogens is 324 g/mol. The van der Waals surface area contributed by atoms with Crippen LogP contribution in [0.5, 0.6) is 0 Å². The van der Waals surface area contributed by atoms with E-state index in [0.717, 1.165) is 34.5 Å². The smallest absolute Gasteiger partial charge is 0.185 e. The summed E-state index contributed by atoms with van der Waals surface area (Å²) in [5.74, 6) is 0.610. The minimum atomic E-state index is 0.610. The largest absolute Gasteiger partial charge is 0.347 e. The summed E-state index contributed by atoms with van der Waals surface area (Å²) in [5, 5.41) is 4.01. The number of halogens is 1. The Morgan fingerprint density at radius 1 is 1.04 bits per heavy atom. The van der Waals surface area contributed by atoms with Gasteiger partial charge < -0.3 is 4.90 Å². The van der Waals surface area contributed by atoms with E-state index >= 15 is 0 Å². The zero-order chi connectivity index (χ0) is 15.6. The summed E-state index contributed by atoms with van der Waals surface area (Å²) in [6, 6.07) is 18.7. The second kappa shape index (κ2) is 6.34. The van der Waals surface area contributed by atoms with Crippen molar-refractivity contribution in [1.29, 1.82) is 0 Å². The quantitative estimate of drug-likeness (QED) is 0.629.